The number of hydrogen-bond acceptors (Lipinski definition) is 6. The van der Waals surface area contributed by atoms with Gasteiger partial charge < -0.3 is 14.4 Å². The molecule has 3 aromatic rings. The molecule has 0 bridgehead atoms. The smallest absolute Gasteiger partial charge is 0.260 e. The fraction of sp³-hybridized carbons (Fsp3) is 0.333. The molecule has 0 fully saturated rings. The molecule has 0 spiro atoms. The zero-order valence-electron chi connectivity index (χ0n) is 16.9. The van der Waals surface area contributed by atoms with Gasteiger partial charge in [-0.25, -0.2) is 4.98 Å². The van der Waals surface area contributed by atoms with Crippen molar-refractivity contribution >= 4 is 44.2 Å². The van der Waals surface area contributed by atoms with Crippen molar-refractivity contribution in [3.63, 3.8) is 0 Å². The van der Waals surface area contributed by atoms with Crippen LogP contribution < -0.4 is 14.4 Å². The Balaban J connectivity index is 2.04. The number of aromatic nitrogens is 1. The Hall–Kier alpha value is -2.35. The number of carbonyl (C=O) groups is 1. The van der Waals surface area contributed by atoms with Crippen LogP contribution in [0.5, 0.6) is 11.5 Å². The van der Waals surface area contributed by atoms with Crippen LogP contribution in [-0.4, -0.2) is 57.2 Å². The topological polar surface area (TPSA) is 54.9 Å². The Morgan fingerprint density at radius 1 is 1.10 bits per heavy atom. The molecule has 0 N–H and O–H groups in total. The van der Waals surface area contributed by atoms with Gasteiger partial charge in [-0.05, 0) is 57.4 Å². The van der Waals surface area contributed by atoms with E-state index < -0.39 is 0 Å². The zero-order chi connectivity index (χ0) is 21.0. The molecule has 1 heterocycles. The van der Waals surface area contributed by atoms with Crippen molar-refractivity contribution in [2.75, 3.05) is 46.3 Å². The summed E-state index contributed by atoms with van der Waals surface area (Å²) >= 11 is 7.52. The fourth-order valence-electron chi connectivity index (χ4n) is 3.00. The molecule has 0 aliphatic heterocycles. The summed E-state index contributed by atoms with van der Waals surface area (Å²) in [6.07, 6.45) is 0.809. The number of thiazole rings is 1. The lowest BCUT2D eigenvalue weighted by molar-refractivity contribution is 0.0986. The van der Waals surface area contributed by atoms with E-state index in [1.165, 1.54) is 11.3 Å². The summed E-state index contributed by atoms with van der Waals surface area (Å²) in [6.45, 7) is 1.39. The fourth-order valence-corrected chi connectivity index (χ4v) is 4.29. The average Bonchev–Trinajstić information content (AvgIpc) is 3.14. The number of amides is 1. The lowest BCUT2D eigenvalue weighted by atomic mass is 10.2. The normalized spacial score (nSPS) is 11.1. The van der Waals surface area contributed by atoms with Crippen LogP contribution in [-0.2, 0) is 0 Å². The predicted molar refractivity (Wildman–Crippen MR) is 119 cm³/mol. The second-order valence-electron chi connectivity index (χ2n) is 6.77. The first kappa shape index (κ1) is 21.4. The van der Waals surface area contributed by atoms with Crippen LogP contribution in [0.2, 0.25) is 5.02 Å². The first-order valence-electron chi connectivity index (χ1n) is 9.18. The molecule has 29 heavy (non-hydrogen) atoms. The minimum Gasteiger partial charge on any atom is -0.495 e. The third kappa shape index (κ3) is 4.80. The maximum atomic E-state index is 13.3. The van der Waals surface area contributed by atoms with E-state index >= 15 is 0 Å². The summed E-state index contributed by atoms with van der Waals surface area (Å²) < 4.78 is 11.8. The van der Waals surface area contributed by atoms with E-state index in [9.17, 15) is 4.79 Å². The molecule has 6 nitrogen and oxygen atoms in total. The number of halogens is 1. The molecule has 1 aromatic heterocycles. The van der Waals surface area contributed by atoms with Crippen LogP contribution in [0.25, 0.3) is 10.2 Å². The van der Waals surface area contributed by atoms with Crippen molar-refractivity contribution in [1.82, 2.24) is 9.88 Å². The number of rotatable bonds is 8. The number of ether oxygens (including phenoxy) is 2. The second kappa shape index (κ2) is 9.43. The van der Waals surface area contributed by atoms with Gasteiger partial charge >= 0.3 is 0 Å². The van der Waals surface area contributed by atoms with Gasteiger partial charge in [0.2, 0.25) is 0 Å². The Morgan fingerprint density at radius 3 is 2.48 bits per heavy atom. The quantitative estimate of drug-likeness (QED) is 0.521. The first-order chi connectivity index (χ1) is 13.9. The Kier molecular flexibility index (Phi) is 6.95. The standard InChI is InChI=1S/C21H24ClN3O3S/c1-24(2)11-6-12-25(20(26)14-7-5-8-15(22)13-14)21-23-18-16(27-3)9-10-17(28-4)19(18)29-21/h5,7-10,13H,6,11-12H2,1-4H3. The van der Waals surface area contributed by atoms with E-state index in [0.717, 1.165) is 17.7 Å². The molecule has 0 saturated carbocycles. The van der Waals surface area contributed by atoms with Crippen LogP contribution in [0.1, 0.15) is 16.8 Å². The van der Waals surface area contributed by atoms with Crippen molar-refractivity contribution in [3.05, 3.63) is 47.0 Å². The molecule has 2 aromatic carbocycles. The molecule has 0 saturated heterocycles. The number of anilines is 1. The summed E-state index contributed by atoms with van der Waals surface area (Å²) in [4.78, 5) is 21.8. The van der Waals surface area contributed by atoms with Gasteiger partial charge in [0.05, 0.1) is 14.2 Å². The van der Waals surface area contributed by atoms with E-state index in [2.05, 4.69) is 4.90 Å². The number of nitrogens with zero attached hydrogens (tertiary/aromatic N) is 3. The van der Waals surface area contributed by atoms with Crippen molar-refractivity contribution in [2.45, 2.75) is 6.42 Å². The minimum atomic E-state index is -0.136. The van der Waals surface area contributed by atoms with E-state index in [1.807, 2.05) is 26.2 Å². The predicted octanol–water partition coefficient (Wildman–Crippen LogP) is 4.57. The van der Waals surface area contributed by atoms with Crippen LogP contribution in [0.4, 0.5) is 5.13 Å². The summed E-state index contributed by atoms with van der Waals surface area (Å²) in [7, 11) is 7.24. The highest BCUT2D eigenvalue weighted by atomic mass is 35.5. The van der Waals surface area contributed by atoms with E-state index in [-0.39, 0.29) is 5.91 Å². The van der Waals surface area contributed by atoms with E-state index in [0.29, 0.717) is 39.3 Å². The van der Waals surface area contributed by atoms with Gasteiger partial charge in [0, 0.05) is 17.1 Å². The highest BCUT2D eigenvalue weighted by molar-refractivity contribution is 7.22. The SMILES string of the molecule is COc1ccc(OC)c2sc(N(CCCN(C)C)C(=O)c3cccc(Cl)c3)nc12. The third-order valence-corrected chi connectivity index (χ3v) is 5.76. The zero-order valence-corrected chi connectivity index (χ0v) is 18.5. The van der Waals surface area contributed by atoms with Gasteiger partial charge in [0.1, 0.15) is 21.7 Å². The maximum absolute atomic E-state index is 13.3. The average molecular weight is 434 g/mol. The van der Waals surface area contributed by atoms with Gasteiger partial charge in [-0.1, -0.05) is 29.0 Å². The van der Waals surface area contributed by atoms with Crippen molar-refractivity contribution in [2.24, 2.45) is 0 Å². The molecule has 8 heteroatoms. The Labute approximate surface area is 179 Å². The Morgan fingerprint density at radius 2 is 1.83 bits per heavy atom. The number of hydrogen-bond donors (Lipinski definition) is 0. The molecule has 3 rings (SSSR count). The van der Waals surface area contributed by atoms with Gasteiger partial charge in [0.15, 0.2) is 5.13 Å². The van der Waals surface area contributed by atoms with Crippen molar-refractivity contribution in [3.8, 4) is 11.5 Å². The number of benzene rings is 2. The molecule has 0 unspecified atom stereocenters. The van der Waals surface area contributed by atoms with Gasteiger partial charge in [-0.3, -0.25) is 9.69 Å². The van der Waals surface area contributed by atoms with Crippen LogP contribution in [0.3, 0.4) is 0 Å². The van der Waals surface area contributed by atoms with E-state index in [1.54, 1.807) is 43.4 Å². The molecule has 0 aliphatic carbocycles. The summed E-state index contributed by atoms with van der Waals surface area (Å²) in [6, 6.07) is 10.6. The summed E-state index contributed by atoms with van der Waals surface area (Å²) in [5.74, 6) is 1.21. The molecule has 0 radical (unpaired) electrons. The van der Waals surface area contributed by atoms with E-state index in [4.69, 9.17) is 26.1 Å². The molecule has 154 valence electrons. The lowest BCUT2D eigenvalue weighted by Crippen LogP contribution is -2.33. The van der Waals surface area contributed by atoms with Crippen LogP contribution in [0, 0.1) is 0 Å². The van der Waals surface area contributed by atoms with Gasteiger partial charge in [-0.2, -0.15) is 0 Å². The number of methoxy groups -OCH3 is 2. The molecular formula is C21H24ClN3O3S. The lowest BCUT2D eigenvalue weighted by Gasteiger charge is -2.21. The highest BCUT2D eigenvalue weighted by Crippen LogP contribution is 2.40. The van der Waals surface area contributed by atoms with Crippen LogP contribution in [0.15, 0.2) is 36.4 Å². The minimum absolute atomic E-state index is 0.136. The molecule has 1 amide bonds. The third-order valence-electron chi connectivity index (χ3n) is 4.43. The molecule has 0 atom stereocenters. The second-order valence-corrected chi connectivity index (χ2v) is 8.18. The van der Waals surface area contributed by atoms with Crippen LogP contribution >= 0.6 is 22.9 Å². The highest BCUT2D eigenvalue weighted by Gasteiger charge is 2.23. The number of fused-ring (bicyclic) bond motifs is 1. The number of carbonyl (C=O) groups excluding carboxylic acids is 1. The van der Waals surface area contributed by atoms with Crippen molar-refractivity contribution < 1.29 is 14.3 Å². The summed E-state index contributed by atoms with van der Waals surface area (Å²) in [5.41, 5.74) is 1.21. The molecular weight excluding hydrogens is 410 g/mol. The first-order valence-corrected chi connectivity index (χ1v) is 10.4. The Bertz CT molecular complexity index is 965. The van der Waals surface area contributed by atoms with Gasteiger partial charge in [-0.15, -0.1) is 0 Å². The molecule has 0 aliphatic rings. The largest absolute Gasteiger partial charge is 0.495 e. The van der Waals surface area contributed by atoms with Crippen molar-refractivity contribution in [1.29, 1.82) is 0 Å². The monoisotopic (exact) mass is 433 g/mol. The maximum Gasteiger partial charge on any atom is 0.260 e. The van der Waals surface area contributed by atoms with Gasteiger partial charge in [0.25, 0.3) is 5.91 Å². The summed E-state index contributed by atoms with van der Waals surface area (Å²) in [5, 5.41) is 1.13.